The van der Waals surface area contributed by atoms with E-state index in [1.54, 1.807) is 12.1 Å². The van der Waals surface area contributed by atoms with Crippen LogP contribution >= 0.6 is 0 Å². The van der Waals surface area contributed by atoms with Gasteiger partial charge in [-0.2, -0.15) is 5.10 Å². The van der Waals surface area contributed by atoms with Gasteiger partial charge in [-0.25, -0.2) is 14.6 Å². The van der Waals surface area contributed by atoms with E-state index < -0.39 is 0 Å². The van der Waals surface area contributed by atoms with Gasteiger partial charge in [-0.1, -0.05) is 18.2 Å². The van der Waals surface area contributed by atoms with Crippen LogP contribution in [-0.2, 0) is 57.5 Å². The highest BCUT2D eigenvalue weighted by atomic mass is 16.6. The van der Waals surface area contributed by atoms with Gasteiger partial charge in [-0.15, -0.1) is 0 Å². The number of phenols is 1. The van der Waals surface area contributed by atoms with Gasteiger partial charge < -0.3 is 65.4 Å². The van der Waals surface area contributed by atoms with E-state index in [0.717, 1.165) is 63.8 Å². The molecule has 0 bridgehead atoms. The molecular weight excluding hydrogens is 849 g/mol. The third-order valence-electron chi connectivity index (χ3n) is 12.6. The fourth-order valence-corrected chi connectivity index (χ4v) is 8.96. The lowest BCUT2D eigenvalue weighted by Crippen LogP contribution is -2.50. The van der Waals surface area contributed by atoms with Gasteiger partial charge in [0.1, 0.15) is 23.6 Å². The van der Waals surface area contributed by atoms with Crippen LogP contribution in [0.4, 0.5) is 11.5 Å². The number of phenolic OH excluding ortho intramolecular Hbond substituents is 1. The topological polar surface area (TPSA) is 241 Å². The van der Waals surface area contributed by atoms with Gasteiger partial charge >= 0.3 is 0 Å². The predicted molar refractivity (Wildman–Crippen MR) is 248 cm³/mol. The fraction of sp³-hybridized carbons (Fsp3) is 0.596. The summed E-state index contributed by atoms with van der Waals surface area (Å²) in [4.78, 5) is 42.0. The zero-order valence-electron chi connectivity index (χ0n) is 38.2. The molecule has 19 heteroatoms. The smallest absolute Gasteiger partial charge is 0.226 e. The van der Waals surface area contributed by atoms with Gasteiger partial charge in [0, 0.05) is 50.2 Å². The molecule has 0 aliphatic carbocycles. The maximum atomic E-state index is 13.8. The Hall–Kier alpha value is -4.99. The van der Waals surface area contributed by atoms with Gasteiger partial charge in [0.25, 0.3) is 0 Å². The molecule has 0 spiro atoms. The minimum Gasteiger partial charge on any atom is -0.506 e. The van der Waals surface area contributed by atoms with E-state index in [4.69, 9.17) is 50.7 Å². The summed E-state index contributed by atoms with van der Waals surface area (Å²) in [6, 6.07) is 11.8. The molecule has 2 amide bonds. The van der Waals surface area contributed by atoms with Crippen molar-refractivity contribution in [2.24, 2.45) is 11.7 Å². The summed E-state index contributed by atoms with van der Waals surface area (Å²) in [5, 5.41) is 15.5. The van der Waals surface area contributed by atoms with Crippen LogP contribution in [0.2, 0.25) is 0 Å². The summed E-state index contributed by atoms with van der Waals surface area (Å²) in [7, 11) is 0. The number of nitrogen functional groups attached to an aromatic ring is 2. The van der Waals surface area contributed by atoms with Crippen LogP contribution in [0.15, 0.2) is 42.7 Å². The van der Waals surface area contributed by atoms with E-state index in [0.29, 0.717) is 146 Å². The van der Waals surface area contributed by atoms with E-state index >= 15 is 0 Å². The number of hydrogen-bond acceptors (Lipinski definition) is 16. The summed E-state index contributed by atoms with van der Waals surface area (Å²) in [5.41, 5.74) is 23.3. The summed E-state index contributed by atoms with van der Waals surface area (Å²) in [6.45, 7) is 11.4. The van der Waals surface area contributed by atoms with Crippen LogP contribution in [0, 0.1) is 5.92 Å². The number of likely N-dealkylation sites (tertiary alicyclic amines) is 2. The molecule has 360 valence electrons. The number of carbonyl (C=O) groups is 2. The largest absolute Gasteiger partial charge is 0.506 e. The van der Waals surface area contributed by atoms with Crippen LogP contribution in [0.3, 0.4) is 0 Å². The van der Waals surface area contributed by atoms with Crippen molar-refractivity contribution in [2.45, 2.75) is 57.7 Å². The Kier molecular flexibility index (Phi) is 18.7. The maximum absolute atomic E-state index is 13.8. The molecule has 3 aliphatic heterocycles. The van der Waals surface area contributed by atoms with Gasteiger partial charge in [-0.3, -0.25) is 9.59 Å². The first kappa shape index (κ1) is 48.9. The van der Waals surface area contributed by atoms with Crippen molar-refractivity contribution in [3.8, 4) is 17.0 Å². The fourth-order valence-electron chi connectivity index (χ4n) is 8.96. The molecule has 0 atom stereocenters. The first-order chi connectivity index (χ1) is 32.3. The van der Waals surface area contributed by atoms with E-state index in [1.807, 2.05) is 14.5 Å². The SMILES string of the molecule is NCCOCCOCCOCCOCCOCCOCCC(=O)N1CCC(N2CCC(C(=O)N3CCc4cc(Cn5nc(-c6ccc(O)c(N)c6)c6c(N)ncnc65)ccc4C3)CC2)CC1. The molecule has 0 saturated carbocycles. The Morgan fingerprint density at radius 1 is 0.697 bits per heavy atom. The Bertz CT molecular complexity index is 2160. The Balaban J connectivity index is 0.742. The lowest BCUT2D eigenvalue weighted by Gasteiger charge is -2.42. The minimum absolute atomic E-state index is 0.00115. The number of anilines is 2. The molecule has 2 aromatic carbocycles. The van der Waals surface area contributed by atoms with Crippen LogP contribution in [0.5, 0.6) is 5.75 Å². The van der Waals surface area contributed by atoms with Crippen LogP contribution in [0.25, 0.3) is 22.3 Å². The molecule has 3 aliphatic rings. The first-order valence-electron chi connectivity index (χ1n) is 23.4. The van der Waals surface area contributed by atoms with E-state index in [-0.39, 0.29) is 29.2 Å². The lowest BCUT2D eigenvalue weighted by molar-refractivity contribution is -0.139. The number of nitrogens with zero attached hydrogens (tertiary/aromatic N) is 7. The highest BCUT2D eigenvalue weighted by Gasteiger charge is 2.34. The van der Waals surface area contributed by atoms with Crippen molar-refractivity contribution in [3.05, 3.63) is 59.4 Å². The number of nitrogens with two attached hydrogens (primary N) is 3. The molecular formula is C47H68N10O9. The number of fused-ring (bicyclic) bond motifs is 2. The Morgan fingerprint density at radius 3 is 1.97 bits per heavy atom. The second-order valence-electron chi connectivity index (χ2n) is 17.0. The molecule has 4 aromatic rings. The van der Waals surface area contributed by atoms with Gasteiger partial charge in [0.15, 0.2) is 5.65 Å². The Labute approximate surface area is 386 Å². The predicted octanol–water partition coefficient (Wildman–Crippen LogP) is 2.45. The number of aromatic hydroxyl groups is 1. The zero-order chi connectivity index (χ0) is 46.1. The van der Waals surface area contributed by atoms with Crippen LogP contribution in [0.1, 0.15) is 48.8 Å². The number of rotatable bonds is 25. The highest BCUT2D eigenvalue weighted by molar-refractivity contribution is 5.98. The second kappa shape index (κ2) is 25.2. The van der Waals surface area contributed by atoms with Crippen LogP contribution in [-0.4, -0.2) is 176 Å². The molecule has 2 aromatic heterocycles. The molecule has 66 heavy (non-hydrogen) atoms. The summed E-state index contributed by atoms with van der Waals surface area (Å²) < 4.78 is 34.7. The molecule has 0 unspecified atom stereocenters. The molecule has 19 nitrogen and oxygen atoms in total. The van der Waals surface area contributed by atoms with Crippen molar-refractivity contribution in [1.29, 1.82) is 0 Å². The first-order valence-corrected chi connectivity index (χ1v) is 23.4. The molecule has 5 heterocycles. The molecule has 2 fully saturated rings. The quantitative estimate of drug-likeness (QED) is 0.0424. The van der Waals surface area contributed by atoms with Crippen molar-refractivity contribution >= 4 is 34.4 Å². The average Bonchev–Trinajstić information content (AvgIpc) is 3.71. The average molecular weight is 917 g/mol. The standard InChI is InChI=1S/C47H68N10O9/c48-11-18-62-20-22-64-24-26-66-28-27-65-25-23-63-21-19-61-17-10-42(59)55-15-8-39(9-16-55)54-12-5-35(6-13-54)47(60)56-14-7-36-29-34(1-2-38(36)32-56)31-57-46-43(45(50)51-33-52-46)44(53-57)37-3-4-41(58)40(49)30-37/h1-4,29-30,33,35,39,58H,5-28,31-32,48-49H2,(H2,50,51,52). The number of ether oxygens (including phenoxy) is 6. The second-order valence-corrected chi connectivity index (χ2v) is 17.0. The molecule has 7 N–H and O–H groups in total. The van der Waals surface area contributed by atoms with Crippen molar-refractivity contribution < 1.29 is 43.1 Å². The van der Waals surface area contributed by atoms with E-state index in [1.165, 1.54) is 23.5 Å². The minimum atomic E-state index is 0.00115. The van der Waals surface area contributed by atoms with E-state index in [9.17, 15) is 14.7 Å². The number of amides is 2. The number of hydrogen-bond donors (Lipinski definition) is 4. The summed E-state index contributed by atoms with van der Waals surface area (Å²) in [5.74, 6) is 0.741. The lowest BCUT2D eigenvalue weighted by atomic mass is 9.90. The monoisotopic (exact) mass is 917 g/mol. The molecule has 2 saturated heterocycles. The zero-order valence-corrected chi connectivity index (χ0v) is 38.2. The molecule has 7 rings (SSSR count). The normalized spacial score (nSPS) is 16.3. The number of aromatic nitrogens is 4. The highest BCUT2D eigenvalue weighted by Crippen LogP contribution is 2.34. The van der Waals surface area contributed by atoms with Gasteiger partial charge in [0.05, 0.1) is 103 Å². The third-order valence-corrected chi connectivity index (χ3v) is 12.6. The van der Waals surface area contributed by atoms with Gasteiger partial charge in [-0.05, 0) is 80.1 Å². The van der Waals surface area contributed by atoms with Crippen molar-refractivity contribution in [3.63, 3.8) is 0 Å². The third kappa shape index (κ3) is 13.6. The Morgan fingerprint density at radius 2 is 1.33 bits per heavy atom. The van der Waals surface area contributed by atoms with Crippen molar-refractivity contribution in [1.82, 2.24) is 34.4 Å². The number of benzene rings is 2. The van der Waals surface area contributed by atoms with E-state index in [2.05, 4.69) is 33.1 Å². The summed E-state index contributed by atoms with van der Waals surface area (Å²) >= 11 is 0. The van der Waals surface area contributed by atoms with Gasteiger partial charge in [0.2, 0.25) is 11.8 Å². The summed E-state index contributed by atoms with van der Waals surface area (Å²) in [6.07, 6.45) is 6.21. The molecule has 0 radical (unpaired) electrons. The number of carbonyl (C=O) groups excluding carboxylic acids is 2. The van der Waals surface area contributed by atoms with Crippen LogP contribution < -0.4 is 17.2 Å². The maximum Gasteiger partial charge on any atom is 0.226 e. The number of piperidine rings is 2. The van der Waals surface area contributed by atoms with Crippen molar-refractivity contribution in [2.75, 3.05) is 130 Å².